The first-order chi connectivity index (χ1) is 8.93. The molecule has 0 aromatic heterocycles. The zero-order valence-corrected chi connectivity index (χ0v) is 12.9. The Morgan fingerprint density at radius 3 is 2.58 bits per heavy atom. The first-order valence-corrected chi connectivity index (χ1v) is 7.88. The summed E-state index contributed by atoms with van der Waals surface area (Å²) in [5.41, 5.74) is -0.360. The van der Waals surface area contributed by atoms with Gasteiger partial charge in [0.05, 0.1) is 6.07 Å². The minimum absolute atomic E-state index is 0.360. The third-order valence-electron chi connectivity index (χ3n) is 4.78. The van der Waals surface area contributed by atoms with Crippen LogP contribution in [-0.4, -0.2) is 35.1 Å². The fourth-order valence-corrected chi connectivity index (χ4v) is 3.46. The number of hydrogen-bond donors (Lipinski definition) is 1. The Morgan fingerprint density at radius 2 is 2.00 bits per heavy atom. The van der Waals surface area contributed by atoms with Crippen LogP contribution in [0.2, 0.25) is 0 Å². The van der Waals surface area contributed by atoms with Crippen molar-refractivity contribution in [3.8, 4) is 6.07 Å². The van der Waals surface area contributed by atoms with E-state index >= 15 is 0 Å². The van der Waals surface area contributed by atoms with E-state index in [1.807, 2.05) is 0 Å². The van der Waals surface area contributed by atoms with Crippen LogP contribution in [0.3, 0.4) is 0 Å². The molecule has 4 atom stereocenters. The summed E-state index contributed by atoms with van der Waals surface area (Å²) in [5.74, 6) is 0.795. The molecule has 1 aliphatic carbocycles. The van der Waals surface area contributed by atoms with E-state index < -0.39 is 0 Å². The van der Waals surface area contributed by atoms with Gasteiger partial charge in [-0.1, -0.05) is 6.92 Å². The molecule has 1 heterocycles. The molecule has 108 valence electrons. The second kappa shape index (κ2) is 5.81. The summed E-state index contributed by atoms with van der Waals surface area (Å²) in [6.45, 7) is 10.2. The first-order valence-electron chi connectivity index (χ1n) is 7.88. The van der Waals surface area contributed by atoms with Gasteiger partial charge in [-0.3, -0.25) is 10.2 Å². The van der Waals surface area contributed by atoms with Crippen molar-refractivity contribution in [2.45, 2.75) is 83.5 Å². The van der Waals surface area contributed by atoms with Crippen molar-refractivity contribution in [3.63, 3.8) is 0 Å². The Kier molecular flexibility index (Phi) is 4.53. The molecule has 0 spiro atoms. The maximum Gasteiger partial charge on any atom is 0.105 e. The van der Waals surface area contributed by atoms with Gasteiger partial charge in [-0.15, -0.1) is 0 Å². The molecule has 0 amide bonds. The van der Waals surface area contributed by atoms with Crippen molar-refractivity contribution in [3.05, 3.63) is 0 Å². The van der Waals surface area contributed by atoms with Crippen molar-refractivity contribution in [1.82, 2.24) is 10.2 Å². The molecule has 0 bridgehead atoms. The molecule has 3 nitrogen and oxygen atoms in total. The van der Waals surface area contributed by atoms with Gasteiger partial charge in [-0.05, 0) is 58.8 Å². The molecule has 2 fully saturated rings. The number of hydrogen-bond acceptors (Lipinski definition) is 3. The maximum absolute atomic E-state index is 9.50. The minimum Gasteiger partial charge on any atom is -0.298 e. The average molecular weight is 263 g/mol. The van der Waals surface area contributed by atoms with Crippen molar-refractivity contribution < 1.29 is 0 Å². The second-order valence-electron chi connectivity index (χ2n) is 7.14. The van der Waals surface area contributed by atoms with Gasteiger partial charge in [0, 0.05) is 24.7 Å². The summed E-state index contributed by atoms with van der Waals surface area (Å²) in [7, 11) is 0. The fraction of sp³-hybridized carbons (Fsp3) is 0.938. The van der Waals surface area contributed by atoms with Crippen LogP contribution in [0, 0.1) is 17.2 Å². The quantitative estimate of drug-likeness (QED) is 0.829. The van der Waals surface area contributed by atoms with Gasteiger partial charge < -0.3 is 0 Å². The SMILES string of the molecule is CC1CCC(C)N(C(C)CC(C)(C#N)NC2CC2)C1. The Labute approximate surface area is 118 Å². The Morgan fingerprint density at radius 1 is 1.32 bits per heavy atom. The summed E-state index contributed by atoms with van der Waals surface area (Å²) in [6.07, 6.45) is 6.05. The average Bonchev–Trinajstić information content (AvgIpc) is 3.15. The molecule has 0 radical (unpaired) electrons. The Hall–Kier alpha value is -0.590. The second-order valence-corrected chi connectivity index (χ2v) is 7.14. The van der Waals surface area contributed by atoms with Crippen molar-refractivity contribution in [2.75, 3.05) is 6.54 Å². The van der Waals surface area contributed by atoms with E-state index in [9.17, 15) is 5.26 Å². The van der Waals surface area contributed by atoms with Crippen LogP contribution >= 0.6 is 0 Å². The summed E-state index contributed by atoms with van der Waals surface area (Å²) in [4.78, 5) is 2.61. The lowest BCUT2D eigenvalue weighted by molar-refractivity contribution is 0.0712. The van der Waals surface area contributed by atoms with Gasteiger partial charge in [-0.2, -0.15) is 5.26 Å². The summed E-state index contributed by atoms with van der Waals surface area (Å²) < 4.78 is 0. The molecule has 1 aliphatic heterocycles. The van der Waals surface area contributed by atoms with E-state index in [0.29, 0.717) is 18.1 Å². The van der Waals surface area contributed by atoms with Gasteiger partial charge >= 0.3 is 0 Å². The van der Waals surface area contributed by atoms with Crippen LogP contribution in [0.1, 0.15) is 59.8 Å². The van der Waals surface area contributed by atoms with Gasteiger partial charge in [0.2, 0.25) is 0 Å². The number of piperidine rings is 1. The van der Waals surface area contributed by atoms with Crippen LogP contribution in [0.4, 0.5) is 0 Å². The molecule has 3 heteroatoms. The third-order valence-corrected chi connectivity index (χ3v) is 4.78. The molecule has 2 aliphatic rings. The third kappa shape index (κ3) is 3.94. The molecule has 2 rings (SSSR count). The Balaban J connectivity index is 1.94. The van der Waals surface area contributed by atoms with Crippen LogP contribution in [-0.2, 0) is 0 Å². The predicted molar refractivity (Wildman–Crippen MR) is 78.8 cm³/mol. The lowest BCUT2D eigenvalue weighted by atomic mass is 9.89. The predicted octanol–water partition coefficient (Wildman–Crippen LogP) is 2.92. The summed E-state index contributed by atoms with van der Waals surface area (Å²) >= 11 is 0. The van der Waals surface area contributed by atoms with E-state index in [0.717, 1.165) is 12.3 Å². The highest BCUT2D eigenvalue weighted by Gasteiger charge is 2.36. The molecule has 1 N–H and O–H groups in total. The van der Waals surface area contributed by atoms with E-state index in [-0.39, 0.29) is 5.54 Å². The van der Waals surface area contributed by atoms with E-state index in [2.05, 4.69) is 44.0 Å². The van der Waals surface area contributed by atoms with Gasteiger partial charge in [-0.25, -0.2) is 0 Å². The van der Waals surface area contributed by atoms with Crippen LogP contribution in [0.25, 0.3) is 0 Å². The lowest BCUT2D eigenvalue weighted by Gasteiger charge is -2.42. The molecule has 1 saturated heterocycles. The molecule has 0 aromatic carbocycles. The van der Waals surface area contributed by atoms with Gasteiger partial charge in [0.25, 0.3) is 0 Å². The molecular weight excluding hydrogens is 234 g/mol. The number of likely N-dealkylation sites (tertiary alicyclic amines) is 1. The van der Waals surface area contributed by atoms with E-state index in [1.54, 1.807) is 0 Å². The highest BCUT2D eigenvalue weighted by molar-refractivity contribution is 5.08. The Bertz CT molecular complexity index is 344. The first kappa shape index (κ1) is 14.8. The molecule has 0 aromatic rings. The van der Waals surface area contributed by atoms with Crippen LogP contribution in [0.5, 0.6) is 0 Å². The zero-order valence-electron chi connectivity index (χ0n) is 12.9. The number of nitrogens with one attached hydrogen (secondary N) is 1. The smallest absolute Gasteiger partial charge is 0.105 e. The van der Waals surface area contributed by atoms with Crippen molar-refractivity contribution in [1.29, 1.82) is 5.26 Å². The normalized spacial score (nSPS) is 33.4. The van der Waals surface area contributed by atoms with Crippen LogP contribution < -0.4 is 5.32 Å². The minimum atomic E-state index is -0.360. The van der Waals surface area contributed by atoms with Crippen molar-refractivity contribution >= 4 is 0 Å². The standard InChI is InChI=1S/C16H29N3/c1-12-5-6-13(2)19(10-12)14(3)9-16(4,11-17)18-15-7-8-15/h12-15,18H,5-10H2,1-4H3. The largest absolute Gasteiger partial charge is 0.298 e. The van der Waals surface area contributed by atoms with E-state index in [4.69, 9.17) is 0 Å². The fourth-order valence-electron chi connectivity index (χ4n) is 3.46. The number of rotatable bonds is 5. The van der Waals surface area contributed by atoms with Crippen molar-refractivity contribution in [2.24, 2.45) is 5.92 Å². The highest BCUT2D eigenvalue weighted by Crippen LogP contribution is 2.29. The molecule has 1 saturated carbocycles. The maximum atomic E-state index is 9.50. The highest BCUT2D eigenvalue weighted by atomic mass is 15.2. The van der Waals surface area contributed by atoms with Crippen LogP contribution in [0.15, 0.2) is 0 Å². The van der Waals surface area contributed by atoms with Gasteiger partial charge in [0.15, 0.2) is 0 Å². The molecule has 4 unspecified atom stereocenters. The lowest BCUT2D eigenvalue weighted by Crippen LogP contribution is -2.52. The number of nitriles is 1. The summed E-state index contributed by atoms with van der Waals surface area (Å²) in [6, 6.07) is 4.24. The topological polar surface area (TPSA) is 39.1 Å². The molecular formula is C16H29N3. The number of nitrogens with zero attached hydrogens (tertiary/aromatic N) is 2. The zero-order chi connectivity index (χ0) is 14.0. The van der Waals surface area contributed by atoms with E-state index in [1.165, 1.54) is 32.2 Å². The summed E-state index contributed by atoms with van der Waals surface area (Å²) in [5, 5.41) is 13.0. The molecule has 19 heavy (non-hydrogen) atoms. The monoisotopic (exact) mass is 263 g/mol. The van der Waals surface area contributed by atoms with Gasteiger partial charge in [0.1, 0.15) is 5.54 Å².